The Balaban J connectivity index is 1.67. The van der Waals surface area contributed by atoms with Crippen LogP contribution in [-0.2, 0) is 14.8 Å². The van der Waals surface area contributed by atoms with E-state index in [0.717, 1.165) is 14.3 Å². The van der Waals surface area contributed by atoms with E-state index in [0.29, 0.717) is 16.3 Å². The molecule has 0 radical (unpaired) electrons. The summed E-state index contributed by atoms with van der Waals surface area (Å²) in [6.45, 7) is 1.34. The molecule has 0 aliphatic carbocycles. The maximum atomic E-state index is 13.6. The van der Waals surface area contributed by atoms with Crippen molar-refractivity contribution >= 4 is 60.6 Å². The molecule has 0 atom stereocenters. The van der Waals surface area contributed by atoms with Crippen LogP contribution in [0.2, 0.25) is 5.02 Å². The molecule has 0 bridgehead atoms. The fourth-order valence-corrected chi connectivity index (χ4v) is 5.50. The van der Waals surface area contributed by atoms with Crippen LogP contribution in [0.1, 0.15) is 21.5 Å². The highest BCUT2D eigenvalue weighted by Crippen LogP contribution is 2.27. The molecular weight excluding hydrogens is 576 g/mol. The zero-order valence-corrected chi connectivity index (χ0v) is 22.8. The zero-order chi connectivity index (χ0) is 26.6. The summed E-state index contributed by atoms with van der Waals surface area (Å²) in [7, 11) is -4.08. The van der Waals surface area contributed by atoms with Crippen LogP contribution in [-0.4, -0.2) is 26.7 Å². The normalized spacial score (nSPS) is 11.1. The molecule has 9 heteroatoms. The van der Waals surface area contributed by atoms with Gasteiger partial charge in [-0.1, -0.05) is 75.6 Å². The molecule has 0 saturated heterocycles. The quantitative estimate of drug-likeness (QED) is 0.236. The van der Waals surface area contributed by atoms with Crippen molar-refractivity contribution in [2.75, 3.05) is 16.2 Å². The summed E-state index contributed by atoms with van der Waals surface area (Å²) in [6, 6.07) is 26.2. The molecule has 0 aromatic heterocycles. The summed E-state index contributed by atoms with van der Waals surface area (Å²) >= 11 is 9.49. The van der Waals surface area contributed by atoms with E-state index < -0.39 is 22.5 Å². The molecule has 4 rings (SSSR count). The fourth-order valence-electron chi connectivity index (χ4n) is 3.64. The fraction of sp³-hybridized carbons (Fsp3) is 0.0714. The van der Waals surface area contributed by atoms with E-state index >= 15 is 0 Å². The molecule has 4 aromatic carbocycles. The van der Waals surface area contributed by atoms with Gasteiger partial charge in [0.05, 0.1) is 16.3 Å². The van der Waals surface area contributed by atoms with Crippen LogP contribution in [0.3, 0.4) is 0 Å². The Labute approximate surface area is 229 Å². The van der Waals surface area contributed by atoms with Crippen molar-refractivity contribution in [2.24, 2.45) is 0 Å². The van der Waals surface area contributed by atoms with Crippen LogP contribution in [0.15, 0.2) is 106 Å². The lowest BCUT2D eigenvalue weighted by atomic mass is 10.0. The number of hydrogen-bond acceptors (Lipinski definition) is 4. The summed E-state index contributed by atoms with van der Waals surface area (Å²) in [4.78, 5) is 26.4. The molecule has 188 valence electrons. The molecule has 0 aliphatic heterocycles. The van der Waals surface area contributed by atoms with Gasteiger partial charge in [-0.15, -0.1) is 0 Å². The van der Waals surface area contributed by atoms with Crippen LogP contribution in [0.25, 0.3) is 0 Å². The highest BCUT2D eigenvalue weighted by molar-refractivity contribution is 9.10. The van der Waals surface area contributed by atoms with E-state index in [4.69, 9.17) is 11.6 Å². The average molecular weight is 598 g/mol. The largest absolute Gasteiger partial charge is 0.324 e. The maximum absolute atomic E-state index is 13.6. The second-order valence-corrected chi connectivity index (χ2v) is 11.4. The van der Waals surface area contributed by atoms with Gasteiger partial charge in [-0.2, -0.15) is 0 Å². The van der Waals surface area contributed by atoms with E-state index in [1.165, 1.54) is 24.3 Å². The SMILES string of the molecule is Cc1ccc(S(=O)(=O)N(CC(=O)Nc2ccc(Cl)cc2C(=O)c2ccccc2)c2ccc(Br)cc2)cc1. The Kier molecular flexibility index (Phi) is 8.12. The number of carbonyl (C=O) groups is 2. The van der Waals surface area contributed by atoms with Crippen LogP contribution < -0.4 is 9.62 Å². The molecule has 0 aliphatic rings. The number of ketones is 1. The first-order valence-corrected chi connectivity index (χ1v) is 13.8. The van der Waals surface area contributed by atoms with Crippen molar-refractivity contribution < 1.29 is 18.0 Å². The molecular formula is C28H22BrClN2O4S. The van der Waals surface area contributed by atoms with Crippen LogP contribution in [0.5, 0.6) is 0 Å². The highest BCUT2D eigenvalue weighted by Gasteiger charge is 2.28. The minimum absolute atomic E-state index is 0.0558. The Morgan fingerprint density at radius 2 is 1.54 bits per heavy atom. The predicted octanol–water partition coefficient (Wildman–Crippen LogP) is 6.48. The molecule has 1 N–H and O–H groups in total. The van der Waals surface area contributed by atoms with Gasteiger partial charge in [-0.05, 0) is 61.5 Å². The molecule has 1 amide bonds. The number of rotatable bonds is 8. The van der Waals surface area contributed by atoms with E-state index in [9.17, 15) is 18.0 Å². The standard InChI is InChI=1S/C28H22BrClN2O4S/c1-19-7-14-24(15-8-19)37(35,36)32(23-12-9-21(29)10-13-23)18-27(33)31-26-16-11-22(30)17-25(26)28(34)20-5-3-2-4-6-20/h2-17H,18H2,1H3,(H,31,33). The number of nitrogens with one attached hydrogen (secondary N) is 1. The average Bonchev–Trinajstić information content (AvgIpc) is 2.89. The molecule has 0 unspecified atom stereocenters. The second-order valence-electron chi connectivity index (χ2n) is 8.23. The minimum atomic E-state index is -4.08. The monoisotopic (exact) mass is 596 g/mol. The minimum Gasteiger partial charge on any atom is -0.324 e. The molecule has 0 fully saturated rings. The molecule has 6 nitrogen and oxygen atoms in total. The summed E-state index contributed by atoms with van der Waals surface area (Å²) in [5.41, 5.74) is 2.08. The lowest BCUT2D eigenvalue weighted by Gasteiger charge is -2.24. The second kappa shape index (κ2) is 11.3. The summed E-state index contributed by atoms with van der Waals surface area (Å²) in [5, 5.41) is 3.03. The van der Waals surface area contributed by atoms with Gasteiger partial charge in [0.1, 0.15) is 6.54 Å². The third-order valence-corrected chi connectivity index (χ3v) is 8.10. The Morgan fingerprint density at radius 3 is 2.19 bits per heavy atom. The first kappa shape index (κ1) is 26.6. The van der Waals surface area contributed by atoms with Crippen molar-refractivity contribution in [1.29, 1.82) is 0 Å². The number of sulfonamides is 1. The number of hydrogen-bond donors (Lipinski definition) is 1. The smallest absolute Gasteiger partial charge is 0.264 e. The third kappa shape index (κ3) is 6.28. The molecule has 4 aromatic rings. The predicted molar refractivity (Wildman–Crippen MR) is 150 cm³/mol. The molecule has 0 spiro atoms. The first-order valence-electron chi connectivity index (χ1n) is 11.2. The number of anilines is 2. The maximum Gasteiger partial charge on any atom is 0.264 e. The number of halogens is 2. The molecule has 0 saturated carbocycles. The van der Waals surface area contributed by atoms with Gasteiger partial charge in [-0.3, -0.25) is 13.9 Å². The van der Waals surface area contributed by atoms with Gasteiger partial charge in [-0.25, -0.2) is 8.42 Å². The van der Waals surface area contributed by atoms with Gasteiger partial charge in [0, 0.05) is 20.6 Å². The van der Waals surface area contributed by atoms with E-state index in [1.807, 2.05) is 6.92 Å². The van der Waals surface area contributed by atoms with E-state index in [1.54, 1.807) is 72.8 Å². The van der Waals surface area contributed by atoms with Gasteiger partial charge in [0.15, 0.2) is 5.78 Å². The summed E-state index contributed by atoms with van der Waals surface area (Å²) in [5.74, 6) is -0.946. The zero-order valence-electron chi connectivity index (χ0n) is 19.7. The first-order chi connectivity index (χ1) is 17.6. The van der Waals surface area contributed by atoms with Crippen molar-refractivity contribution in [3.63, 3.8) is 0 Å². The number of carbonyl (C=O) groups excluding carboxylic acids is 2. The Morgan fingerprint density at radius 1 is 0.892 bits per heavy atom. The third-order valence-electron chi connectivity index (χ3n) is 5.55. The summed E-state index contributed by atoms with van der Waals surface area (Å²) < 4.78 is 29.0. The van der Waals surface area contributed by atoms with Gasteiger partial charge in [0.25, 0.3) is 10.0 Å². The molecule has 37 heavy (non-hydrogen) atoms. The number of benzene rings is 4. The van der Waals surface area contributed by atoms with Gasteiger partial charge >= 0.3 is 0 Å². The highest BCUT2D eigenvalue weighted by atomic mass is 79.9. The molecule has 0 heterocycles. The van der Waals surface area contributed by atoms with E-state index in [2.05, 4.69) is 21.2 Å². The lowest BCUT2D eigenvalue weighted by Crippen LogP contribution is -2.38. The van der Waals surface area contributed by atoms with E-state index in [-0.39, 0.29) is 21.9 Å². The summed E-state index contributed by atoms with van der Waals surface area (Å²) in [6.07, 6.45) is 0. The van der Waals surface area contributed by atoms with Crippen molar-refractivity contribution in [2.45, 2.75) is 11.8 Å². The number of aryl methyl sites for hydroxylation is 1. The number of amides is 1. The van der Waals surface area contributed by atoms with Crippen molar-refractivity contribution in [3.8, 4) is 0 Å². The number of nitrogens with zero attached hydrogens (tertiary/aromatic N) is 1. The van der Waals surface area contributed by atoms with Crippen molar-refractivity contribution in [3.05, 3.63) is 123 Å². The van der Waals surface area contributed by atoms with Gasteiger partial charge < -0.3 is 5.32 Å². The van der Waals surface area contributed by atoms with Crippen LogP contribution in [0.4, 0.5) is 11.4 Å². The van der Waals surface area contributed by atoms with Gasteiger partial charge in [0.2, 0.25) is 5.91 Å². The topological polar surface area (TPSA) is 83.6 Å². The Hall–Kier alpha value is -3.46. The van der Waals surface area contributed by atoms with Crippen LogP contribution >= 0.6 is 27.5 Å². The Bertz CT molecular complexity index is 1540. The lowest BCUT2D eigenvalue weighted by molar-refractivity contribution is -0.114. The van der Waals surface area contributed by atoms with Crippen molar-refractivity contribution in [1.82, 2.24) is 0 Å². The van der Waals surface area contributed by atoms with Crippen LogP contribution in [0, 0.1) is 6.92 Å².